The van der Waals surface area contributed by atoms with Crippen molar-refractivity contribution in [3.63, 3.8) is 0 Å². The molecule has 124 valence electrons. The summed E-state index contributed by atoms with van der Waals surface area (Å²) in [7, 11) is 0. The van der Waals surface area contributed by atoms with Crippen molar-refractivity contribution in [3.05, 3.63) is 59.7 Å². The number of hydrogen-bond donors (Lipinski definition) is 0. The molecule has 0 spiro atoms. The molecule has 0 aliphatic heterocycles. The lowest BCUT2D eigenvalue weighted by Gasteiger charge is -2.43. The van der Waals surface area contributed by atoms with Gasteiger partial charge >= 0.3 is 11.9 Å². The molecule has 0 heterocycles. The van der Waals surface area contributed by atoms with E-state index in [0.29, 0.717) is 11.5 Å². The Labute approximate surface area is 141 Å². The number of esters is 2. The smallest absolute Gasteiger partial charge is 0.308 e. The summed E-state index contributed by atoms with van der Waals surface area (Å²) in [6.07, 6.45) is 3.33. The average Bonchev–Trinajstić information content (AvgIpc) is 2.48. The van der Waals surface area contributed by atoms with Crippen molar-refractivity contribution in [2.45, 2.75) is 38.5 Å². The SMILES string of the molecule is CC(=O)Oc1ccc(C2(c3ccc(OC(C)=O)cc3)CCC2)cc1. The zero-order valence-corrected chi connectivity index (χ0v) is 13.9. The molecule has 0 unspecified atom stereocenters. The Morgan fingerprint density at radius 2 is 1.12 bits per heavy atom. The van der Waals surface area contributed by atoms with E-state index < -0.39 is 0 Å². The summed E-state index contributed by atoms with van der Waals surface area (Å²) in [6.45, 7) is 2.79. The van der Waals surface area contributed by atoms with E-state index >= 15 is 0 Å². The van der Waals surface area contributed by atoms with Gasteiger partial charge in [0.25, 0.3) is 0 Å². The molecule has 0 amide bonds. The summed E-state index contributed by atoms with van der Waals surface area (Å²) in [6, 6.07) is 15.5. The average molecular weight is 324 g/mol. The van der Waals surface area contributed by atoms with Crippen LogP contribution in [0.4, 0.5) is 0 Å². The Kier molecular flexibility index (Phi) is 4.38. The summed E-state index contributed by atoms with van der Waals surface area (Å²) < 4.78 is 10.2. The lowest BCUT2D eigenvalue weighted by atomic mass is 9.60. The van der Waals surface area contributed by atoms with Crippen LogP contribution >= 0.6 is 0 Å². The lowest BCUT2D eigenvalue weighted by Crippen LogP contribution is -2.35. The first-order valence-corrected chi connectivity index (χ1v) is 8.07. The Morgan fingerprint density at radius 1 is 0.750 bits per heavy atom. The van der Waals surface area contributed by atoms with Gasteiger partial charge in [0.2, 0.25) is 0 Å². The van der Waals surface area contributed by atoms with E-state index in [2.05, 4.69) is 0 Å². The Hall–Kier alpha value is -2.62. The molecule has 4 nitrogen and oxygen atoms in total. The fourth-order valence-corrected chi connectivity index (χ4v) is 3.29. The van der Waals surface area contributed by atoms with E-state index in [1.165, 1.54) is 31.4 Å². The van der Waals surface area contributed by atoms with E-state index in [1.54, 1.807) is 0 Å². The van der Waals surface area contributed by atoms with Crippen LogP contribution in [0.25, 0.3) is 0 Å². The molecule has 2 aromatic rings. The van der Waals surface area contributed by atoms with Gasteiger partial charge in [-0.05, 0) is 48.2 Å². The molecule has 3 rings (SSSR count). The predicted molar refractivity (Wildman–Crippen MR) is 90.1 cm³/mol. The molecule has 1 aliphatic carbocycles. The molecule has 0 saturated heterocycles. The summed E-state index contributed by atoms with van der Waals surface area (Å²) in [5.74, 6) is 0.487. The normalized spacial score (nSPS) is 15.2. The minimum Gasteiger partial charge on any atom is -0.427 e. The number of carbonyl (C=O) groups excluding carboxylic acids is 2. The molecular formula is C20H20O4. The fraction of sp³-hybridized carbons (Fsp3) is 0.300. The van der Waals surface area contributed by atoms with Gasteiger partial charge in [-0.2, -0.15) is 0 Å². The molecule has 24 heavy (non-hydrogen) atoms. The number of benzene rings is 2. The maximum absolute atomic E-state index is 11.0. The van der Waals surface area contributed by atoms with Gasteiger partial charge in [-0.3, -0.25) is 9.59 Å². The van der Waals surface area contributed by atoms with E-state index in [4.69, 9.17) is 9.47 Å². The van der Waals surface area contributed by atoms with Gasteiger partial charge in [-0.15, -0.1) is 0 Å². The van der Waals surface area contributed by atoms with Crippen molar-refractivity contribution in [1.29, 1.82) is 0 Å². The van der Waals surface area contributed by atoms with Crippen LogP contribution < -0.4 is 9.47 Å². The molecule has 1 saturated carbocycles. The van der Waals surface area contributed by atoms with Gasteiger partial charge in [-0.25, -0.2) is 0 Å². The third-order valence-corrected chi connectivity index (χ3v) is 4.54. The highest BCUT2D eigenvalue weighted by molar-refractivity contribution is 5.69. The summed E-state index contributed by atoms with van der Waals surface area (Å²) in [5, 5.41) is 0. The van der Waals surface area contributed by atoms with Crippen molar-refractivity contribution in [2.24, 2.45) is 0 Å². The van der Waals surface area contributed by atoms with Crippen molar-refractivity contribution >= 4 is 11.9 Å². The molecule has 4 heteroatoms. The minimum absolute atomic E-state index is 0.0104. The standard InChI is InChI=1S/C20H20O4/c1-14(21)23-18-8-4-16(5-9-18)20(12-3-13-20)17-6-10-19(11-7-17)24-15(2)22/h4-11H,3,12-13H2,1-2H3. The highest BCUT2D eigenvalue weighted by Gasteiger charge is 2.40. The number of ether oxygens (including phenoxy) is 2. The first kappa shape index (κ1) is 16.2. The van der Waals surface area contributed by atoms with E-state index in [9.17, 15) is 9.59 Å². The van der Waals surface area contributed by atoms with Crippen molar-refractivity contribution < 1.29 is 19.1 Å². The summed E-state index contributed by atoms with van der Waals surface area (Å²) in [4.78, 5) is 22.1. The number of hydrogen-bond acceptors (Lipinski definition) is 4. The van der Waals surface area contributed by atoms with Crippen molar-refractivity contribution in [1.82, 2.24) is 0 Å². The quantitative estimate of drug-likeness (QED) is 0.630. The molecule has 0 aromatic heterocycles. The third-order valence-electron chi connectivity index (χ3n) is 4.54. The zero-order valence-electron chi connectivity index (χ0n) is 13.9. The van der Waals surface area contributed by atoms with Crippen LogP contribution in [0.3, 0.4) is 0 Å². The van der Waals surface area contributed by atoms with Crippen LogP contribution in [0.15, 0.2) is 48.5 Å². The molecule has 0 atom stereocenters. The van der Waals surface area contributed by atoms with Crippen LogP contribution in [0.2, 0.25) is 0 Å². The summed E-state index contributed by atoms with van der Waals surface area (Å²) >= 11 is 0. The fourth-order valence-electron chi connectivity index (χ4n) is 3.29. The summed E-state index contributed by atoms with van der Waals surface area (Å²) in [5.41, 5.74) is 2.42. The van der Waals surface area contributed by atoms with Gasteiger partial charge in [-0.1, -0.05) is 30.7 Å². The topological polar surface area (TPSA) is 52.6 Å². The molecule has 1 aliphatic rings. The minimum atomic E-state index is -0.317. The highest BCUT2D eigenvalue weighted by atomic mass is 16.5. The zero-order chi connectivity index (χ0) is 17.2. The maximum atomic E-state index is 11.0. The number of rotatable bonds is 4. The monoisotopic (exact) mass is 324 g/mol. The molecular weight excluding hydrogens is 304 g/mol. The lowest BCUT2D eigenvalue weighted by molar-refractivity contribution is -0.132. The Bertz CT molecular complexity index is 679. The number of carbonyl (C=O) groups is 2. The third kappa shape index (κ3) is 3.18. The maximum Gasteiger partial charge on any atom is 0.308 e. The second-order valence-electron chi connectivity index (χ2n) is 6.17. The van der Waals surface area contributed by atoms with Crippen LogP contribution in [-0.4, -0.2) is 11.9 Å². The van der Waals surface area contributed by atoms with Crippen LogP contribution in [-0.2, 0) is 15.0 Å². The second-order valence-corrected chi connectivity index (χ2v) is 6.17. The first-order chi connectivity index (χ1) is 11.5. The van der Waals surface area contributed by atoms with Gasteiger partial charge < -0.3 is 9.47 Å². The van der Waals surface area contributed by atoms with Gasteiger partial charge in [0.1, 0.15) is 11.5 Å². The van der Waals surface area contributed by atoms with Gasteiger partial charge in [0.05, 0.1) is 0 Å². The predicted octanol–water partition coefficient (Wildman–Crippen LogP) is 4.01. The van der Waals surface area contributed by atoms with Gasteiger partial charge in [0.15, 0.2) is 0 Å². The molecule has 1 fully saturated rings. The molecule has 0 bridgehead atoms. The van der Waals surface area contributed by atoms with Crippen LogP contribution in [0.1, 0.15) is 44.2 Å². The van der Waals surface area contributed by atoms with E-state index in [-0.39, 0.29) is 17.4 Å². The van der Waals surface area contributed by atoms with Crippen LogP contribution in [0, 0.1) is 0 Å². The van der Waals surface area contributed by atoms with Gasteiger partial charge in [0, 0.05) is 19.3 Å². The van der Waals surface area contributed by atoms with Crippen LogP contribution in [0.5, 0.6) is 11.5 Å². The Morgan fingerprint density at radius 3 is 1.38 bits per heavy atom. The highest BCUT2D eigenvalue weighted by Crippen LogP contribution is 2.49. The second kappa shape index (κ2) is 6.48. The van der Waals surface area contributed by atoms with E-state index in [1.807, 2.05) is 48.5 Å². The first-order valence-electron chi connectivity index (χ1n) is 8.07. The largest absolute Gasteiger partial charge is 0.427 e. The molecule has 0 radical (unpaired) electrons. The van der Waals surface area contributed by atoms with Crippen molar-refractivity contribution in [2.75, 3.05) is 0 Å². The van der Waals surface area contributed by atoms with Crippen molar-refractivity contribution in [3.8, 4) is 11.5 Å². The Balaban J connectivity index is 1.86. The van der Waals surface area contributed by atoms with E-state index in [0.717, 1.165) is 12.8 Å². The molecule has 2 aromatic carbocycles. The molecule has 0 N–H and O–H groups in total.